The van der Waals surface area contributed by atoms with Crippen molar-refractivity contribution < 1.29 is 4.52 Å². The fourth-order valence-electron chi connectivity index (χ4n) is 2.54. The predicted octanol–water partition coefficient (Wildman–Crippen LogP) is 4.86. The molecule has 0 fully saturated rings. The molecule has 21 heavy (non-hydrogen) atoms. The first kappa shape index (κ1) is 13.7. The first-order valence-electron chi connectivity index (χ1n) is 6.65. The highest BCUT2D eigenvalue weighted by Gasteiger charge is 2.19. The number of hydrogen-bond donors (Lipinski definition) is 1. The second kappa shape index (κ2) is 5.26. The van der Waals surface area contributed by atoms with Crippen molar-refractivity contribution in [1.82, 2.24) is 5.16 Å². The second-order valence-electron chi connectivity index (χ2n) is 5.13. The van der Waals surface area contributed by atoms with Gasteiger partial charge in [0.1, 0.15) is 5.69 Å². The molecule has 1 aromatic heterocycles. The molecular weight excluding hydrogens is 284 g/mol. The van der Waals surface area contributed by atoms with Gasteiger partial charge in [0, 0.05) is 16.1 Å². The van der Waals surface area contributed by atoms with Crippen molar-refractivity contribution >= 4 is 17.5 Å². The summed E-state index contributed by atoms with van der Waals surface area (Å²) in [6, 6.07) is 13.8. The number of benzene rings is 2. The zero-order chi connectivity index (χ0) is 15.0. The van der Waals surface area contributed by atoms with Gasteiger partial charge < -0.3 is 10.3 Å². The second-order valence-corrected chi connectivity index (χ2v) is 5.53. The van der Waals surface area contributed by atoms with Crippen molar-refractivity contribution in [2.24, 2.45) is 0 Å². The molecule has 1 heterocycles. The molecule has 0 radical (unpaired) electrons. The Bertz CT molecular complexity index is 788. The molecule has 0 aliphatic heterocycles. The minimum atomic E-state index is 0.275. The number of nitrogen functional groups attached to an aromatic ring is 1. The summed E-state index contributed by atoms with van der Waals surface area (Å²) < 4.78 is 5.21. The van der Waals surface area contributed by atoms with Crippen molar-refractivity contribution in [3.05, 3.63) is 58.6 Å². The van der Waals surface area contributed by atoms with E-state index in [0.29, 0.717) is 10.7 Å². The van der Waals surface area contributed by atoms with E-state index in [2.05, 4.69) is 37.2 Å². The van der Waals surface area contributed by atoms with Crippen molar-refractivity contribution in [1.29, 1.82) is 0 Å². The predicted molar refractivity (Wildman–Crippen MR) is 86.3 cm³/mol. The molecule has 4 heteroatoms. The van der Waals surface area contributed by atoms with E-state index >= 15 is 0 Å². The molecule has 0 amide bonds. The summed E-state index contributed by atoms with van der Waals surface area (Å²) in [6.45, 7) is 4.10. The average molecular weight is 299 g/mol. The highest BCUT2D eigenvalue weighted by Crippen LogP contribution is 2.39. The van der Waals surface area contributed by atoms with Crippen LogP contribution in [-0.4, -0.2) is 5.16 Å². The maximum Gasteiger partial charge on any atom is 0.230 e. The van der Waals surface area contributed by atoms with Gasteiger partial charge in [0.15, 0.2) is 0 Å². The van der Waals surface area contributed by atoms with Crippen LogP contribution in [0.15, 0.2) is 47.0 Å². The number of nitrogens with zero attached hydrogens (tertiary/aromatic N) is 1. The smallest absolute Gasteiger partial charge is 0.230 e. The Morgan fingerprint density at radius 2 is 1.71 bits per heavy atom. The molecule has 0 aliphatic carbocycles. The van der Waals surface area contributed by atoms with E-state index < -0.39 is 0 Å². The Labute approximate surface area is 128 Å². The zero-order valence-electron chi connectivity index (χ0n) is 11.9. The molecule has 0 saturated heterocycles. The van der Waals surface area contributed by atoms with Crippen LogP contribution < -0.4 is 5.73 Å². The van der Waals surface area contributed by atoms with E-state index in [4.69, 9.17) is 21.9 Å². The summed E-state index contributed by atoms with van der Waals surface area (Å²) in [7, 11) is 0. The Hall–Kier alpha value is -2.26. The van der Waals surface area contributed by atoms with Gasteiger partial charge in [-0.1, -0.05) is 52.1 Å². The van der Waals surface area contributed by atoms with Crippen molar-refractivity contribution in [2.45, 2.75) is 13.8 Å². The van der Waals surface area contributed by atoms with Gasteiger partial charge in [0.05, 0.1) is 5.56 Å². The van der Waals surface area contributed by atoms with Gasteiger partial charge in [0.2, 0.25) is 5.88 Å². The normalized spacial score (nSPS) is 10.8. The van der Waals surface area contributed by atoms with E-state index in [9.17, 15) is 0 Å². The van der Waals surface area contributed by atoms with Crippen LogP contribution in [0, 0.1) is 13.8 Å². The van der Waals surface area contributed by atoms with E-state index in [-0.39, 0.29) is 5.88 Å². The fourth-order valence-corrected chi connectivity index (χ4v) is 2.77. The molecule has 0 atom stereocenters. The summed E-state index contributed by atoms with van der Waals surface area (Å²) in [5.74, 6) is 0.275. The lowest BCUT2D eigenvalue weighted by molar-refractivity contribution is 0.439. The standard InChI is InChI=1S/C17H15ClN2O/c1-10-7-11(2)9-12(8-10)16-15(17(19)21-20-16)13-5-3-4-6-14(13)18/h3-9H,19H2,1-2H3. The van der Waals surface area contributed by atoms with E-state index in [1.54, 1.807) is 0 Å². The maximum absolute atomic E-state index is 6.28. The van der Waals surface area contributed by atoms with Crippen molar-refractivity contribution in [2.75, 3.05) is 5.73 Å². The molecule has 3 aromatic rings. The molecule has 0 unspecified atom stereocenters. The number of aryl methyl sites for hydroxylation is 2. The minimum Gasteiger partial charge on any atom is -0.367 e. The quantitative estimate of drug-likeness (QED) is 0.735. The largest absolute Gasteiger partial charge is 0.367 e. The molecule has 3 nitrogen and oxygen atoms in total. The van der Waals surface area contributed by atoms with E-state index in [1.165, 1.54) is 0 Å². The Kier molecular flexibility index (Phi) is 3.43. The SMILES string of the molecule is Cc1cc(C)cc(-c2noc(N)c2-c2ccccc2Cl)c1. The Balaban J connectivity index is 2.24. The van der Waals surface area contributed by atoms with Gasteiger partial charge in [-0.3, -0.25) is 0 Å². The molecule has 2 aromatic carbocycles. The number of nitrogens with two attached hydrogens (primary N) is 1. The summed E-state index contributed by atoms with van der Waals surface area (Å²) in [5, 5.41) is 4.75. The molecule has 0 saturated carbocycles. The Morgan fingerprint density at radius 1 is 1.05 bits per heavy atom. The molecule has 3 rings (SSSR count). The monoisotopic (exact) mass is 298 g/mol. The number of rotatable bonds is 2. The summed E-state index contributed by atoms with van der Waals surface area (Å²) in [4.78, 5) is 0. The van der Waals surface area contributed by atoms with Crippen molar-refractivity contribution in [3.8, 4) is 22.4 Å². The number of halogens is 1. The van der Waals surface area contributed by atoms with Crippen LogP contribution >= 0.6 is 11.6 Å². The minimum absolute atomic E-state index is 0.275. The third-order valence-electron chi connectivity index (χ3n) is 3.36. The first-order chi connectivity index (χ1) is 10.1. The van der Waals surface area contributed by atoms with Gasteiger partial charge in [-0.15, -0.1) is 0 Å². The molecule has 0 aliphatic rings. The van der Waals surface area contributed by atoms with Crippen LogP contribution in [-0.2, 0) is 0 Å². The third kappa shape index (κ3) is 2.52. The highest BCUT2D eigenvalue weighted by atomic mass is 35.5. The van der Waals surface area contributed by atoms with Gasteiger partial charge >= 0.3 is 0 Å². The first-order valence-corrected chi connectivity index (χ1v) is 7.03. The zero-order valence-corrected chi connectivity index (χ0v) is 12.6. The molecule has 2 N–H and O–H groups in total. The van der Waals surface area contributed by atoms with Crippen molar-refractivity contribution in [3.63, 3.8) is 0 Å². The van der Waals surface area contributed by atoms with Gasteiger partial charge in [-0.2, -0.15) is 0 Å². The van der Waals surface area contributed by atoms with Crippen LogP contribution in [0.3, 0.4) is 0 Å². The molecule has 0 spiro atoms. The number of anilines is 1. The summed E-state index contributed by atoms with van der Waals surface area (Å²) in [6.07, 6.45) is 0. The fraction of sp³-hybridized carbons (Fsp3) is 0.118. The maximum atomic E-state index is 6.28. The van der Waals surface area contributed by atoms with Gasteiger partial charge in [-0.05, 0) is 32.0 Å². The van der Waals surface area contributed by atoms with Crippen LogP contribution in [0.2, 0.25) is 5.02 Å². The Morgan fingerprint density at radius 3 is 2.38 bits per heavy atom. The van der Waals surface area contributed by atoms with E-state index in [0.717, 1.165) is 27.8 Å². The highest BCUT2D eigenvalue weighted by molar-refractivity contribution is 6.33. The molecule has 106 valence electrons. The van der Waals surface area contributed by atoms with Crippen LogP contribution in [0.4, 0.5) is 5.88 Å². The summed E-state index contributed by atoms with van der Waals surface area (Å²) >= 11 is 6.28. The average Bonchev–Trinajstić information content (AvgIpc) is 2.80. The van der Waals surface area contributed by atoms with Crippen LogP contribution in [0.5, 0.6) is 0 Å². The lowest BCUT2D eigenvalue weighted by atomic mass is 9.98. The third-order valence-corrected chi connectivity index (χ3v) is 3.69. The van der Waals surface area contributed by atoms with Crippen LogP contribution in [0.1, 0.15) is 11.1 Å². The topological polar surface area (TPSA) is 52.0 Å². The summed E-state index contributed by atoms with van der Waals surface area (Å²) in [5.41, 5.74) is 11.6. The lowest BCUT2D eigenvalue weighted by Crippen LogP contribution is -1.89. The van der Waals surface area contributed by atoms with E-state index in [1.807, 2.05) is 24.3 Å². The van der Waals surface area contributed by atoms with Crippen LogP contribution in [0.25, 0.3) is 22.4 Å². The number of aromatic nitrogens is 1. The molecule has 0 bridgehead atoms. The lowest BCUT2D eigenvalue weighted by Gasteiger charge is -2.06. The number of hydrogen-bond acceptors (Lipinski definition) is 3. The molecular formula is C17H15ClN2O. The van der Waals surface area contributed by atoms with Gasteiger partial charge in [0.25, 0.3) is 0 Å². The van der Waals surface area contributed by atoms with Gasteiger partial charge in [-0.25, -0.2) is 0 Å².